The first-order chi connectivity index (χ1) is 12.2. The van der Waals surface area contributed by atoms with Gasteiger partial charge in [-0.2, -0.15) is 0 Å². The molecule has 132 valence electrons. The number of carbonyl (C=O) groups excluding carboxylic acids is 1. The zero-order valence-electron chi connectivity index (χ0n) is 14.0. The Morgan fingerprint density at radius 2 is 2.20 bits per heavy atom. The van der Waals surface area contributed by atoms with Crippen LogP contribution in [0.15, 0.2) is 42.5 Å². The molecule has 1 amide bonds. The molecule has 0 saturated carbocycles. The predicted octanol–water partition coefficient (Wildman–Crippen LogP) is 3.39. The highest BCUT2D eigenvalue weighted by Crippen LogP contribution is 2.27. The topological polar surface area (TPSA) is 56.8 Å². The molecule has 1 saturated heterocycles. The Morgan fingerprint density at radius 3 is 2.92 bits per heavy atom. The molecule has 0 radical (unpaired) electrons. The summed E-state index contributed by atoms with van der Waals surface area (Å²) in [5, 5.41) is 2.89. The third-order valence-corrected chi connectivity index (χ3v) is 4.02. The van der Waals surface area contributed by atoms with Gasteiger partial charge in [0.25, 0.3) is 0 Å². The van der Waals surface area contributed by atoms with Gasteiger partial charge < -0.3 is 19.5 Å². The molecule has 1 atom stereocenters. The summed E-state index contributed by atoms with van der Waals surface area (Å²) in [7, 11) is 1.55. The number of halogens is 1. The van der Waals surface area contributed by atoms with Crippen molar-refractivity contribution in [2.24, 2.45) is 5.92 Å². The highest BCUT2D eigenvalue weighted by atomic mass is 19.1. The Balaban J connectivity index is 1.69. The fourth-order valence-electron chi connectivity index (χ4n) is 2.64. The molecule has 1 aliphatic rings. The molecule has 5 nitrogen and oxygen atoms in total. The van der Waals surface area contributed by atoms with Crippen molar-refractivity contribution >= 4 is 11.6 Å². The maximum absolute atomic E-state index is 13.2. The largest absolute Gasteiger partial charge is 0.495 e. The number of nitrogens with one attached hydrogen (secondary N) is 1. The molecule has 0 spiro atoms. The first-order valence-electron chi connectivity index (χ1n) is 8.09. The van der Waals surface area contributed by atoms with Gasteiger partial charge in [-0.25, -0.2) is 4.39 Å². The molecule has 25 heavy (non-hydrogen) atoms. The van der Waals surface area contributed by atoms with Crippen LogP contribution in [0.25, 0.3) is 0 Å². The minimum absolute atomic E-state index is 0.0843. The molecule has 0 aliphatic carbocycles. The van der Waals surface area contributed by atoms with Gasteiger partial charge in [0.15, 0.2) is 0 Å². The average Bonchev–Trinajstić information content (AvgIpc) is 3.15. The number of carbonyl (C=O) groups is 1. The van der Waals surface area contributed by atoms with E-state index in [2.05, 4.69) is 5.32 Å². The highest BCUT2D eigenvalue weighted by molar-refractivity contribution is 5.94. The minimum atomic E-state index is -0.348. The van der Waals surface area contributed by atoms with Gasteiger partial charge in [0.1, 0.15) is 23.9 Å². The van der Waals surface area contributed by atoms with Gasteiger partial charge in [-0.05, 0) is 36.2 Å². The molecule has 2 aromatic carbocycles. The Kier molecular flexibility index (Phi) is 5.50. The van der Waals surface area contributed by atoms with E-state index in [4.69, 9.17) is 14.2 Å². The van der Waals surface area contributed by atoms with Crippen LogP contribution in [0.2, 0.25) is 0 Å². The van der Waals surface area contributed by atoms with Crippen molar-refractivity contribution in [1.82, 2.24) is 0 Å². The molecule has 2 aromatic rings. The molecule has 0 unspecified atom stereocenters. The van der Waals surface area contributed by atoms with Crippen molar-refractivity contribution in [3.8, 4) is 11.5 Å². The van der Waals surface area contributed by atoms with Crippen molar-refractivity contribution in [2.45, 2.75) is 13.0 Å². The fourth-order valence-corrected chi connectivity index (χ4v) is 2.64. The molecular weight excluding hydrogens is 325 g/mol. The normalized spacial score (nSPS) is 16.5. The minimum Gasteiger partial charge on any atom is -0.495 e. The Hall–Kier alpha value is -2.60. The summed E-state index contributed by atoms with van der Waals surface area (Å²) < 4.78 is 29.3. The van der Waals surface area contributed by atoms with Crippen LogP contribution in [0.3, 0.4) is 0 Å². The molecule has 0 bridgehead atoms. The maximum Gasteiger partial charge on any atom is 0.230 e. The van der Waals surface area contributed by atoms with E-state index in [1.54, 1.807) is 31.4 Å². The summed E-state index contributed by atoms with van der Waals surface area (Å²) in [6.07, 6.45) is 0.719. The number of hydrogen-bond donors (Lipinski definition) is 1. The lowest BCUT2D eigenvalue weighted by Crippen LogP contribution is -2.23. The number of methoxy groups -OCH3 is 1. The molecule has 1 heterocycles. The molecule has 1 fully saturated rings. The van der Waals surface area contributed by atoms with Gasteiger partial charge in [-0.1, -0.05) is 12.1 Å². The summed E-state index contributed by atoms with van der Waals surface area (Å²) in [4.78, 5) is 12.3. The number of ether oxygens (including phenoxy) is 3. The lowest BCUT2D eigenvalue weighted by atomic mass is 10.1. The smallest absolute Gasteiger partial charge is 0.230 e. The predicted molar refractivity (Wildman–Crippen MR) is 91.3 cm³/mol. The average molecular weight is 345 g/mol. The van der Waals surface area contributed by atoms with Crippen LogP contribution in [-0.4, -0.2) is 26.2 Å². The van der Waals surface area contributed by atoms with E-state index >= 15 is 0 Å². The van der Waals surface area contributed by atoms with Gasteiger partial charge in [-0.3, -0.25) is 4.79 Å². The van der Waals surface area contributed by atoms with Gasteiger partial charge in [0, 0.05) is 12.7 Å². The van der Waals surface area contributed by atoms with Crippen molar-refractivity contribution < 1.29 is 23.4 Å². The van der Waals surface area contributed by atoms with Gasteiger partial charge in [0.2, 0.25) is 5.91 Å². The fraction of sp³-hybridized carbons (Fsp3) is 0.316. The summed E-state index contributed by atoms with van der Waals surface area (Å²) in [6.45, 7) is 1.30. The van der Waals surface area contributed by atoms with Crippen LogP contribution >= 0.6 is 0 Å². The SMILES string of the molecule is COc1ccc(COc2cccc(F)c2)cc1NC(=O)[C@H]1CCOC1. The summed E-state index contributed by atoms with van der Waals surface area (Å²) >= 11 is 0. The number of anilines is 1. The van der Waals surface area contributed by atoms with E-state index in [9.17, 15) is 9.18 Å². The molecule has 6 heteroatoms. The van der Waals surface area contributed by atoms with Crippen molar-refractivity contribution in [3.63, 3.8) is 0 Å². The van der Waals surface area contributed by atoms with Crippen LogP contribution in [0.4, 0.5) is 10.1 Å². The first-order valence-corrected chi connectivity index (χ1v) is 8.09. The van der Waals surface area contributed by atoms with Gasteiger partial charge >= 0.3 is 0 Å². The van der Waals surface area contributed by atoms with E-state index in [-0.39, 0.29) is 24.2 Å². The maximum atomic E-state index is 13.2. The van der Waals surface area contributed by atoms with E-state index < -0.39 is 0 Å². The number of hydrogen-bond acceptors (Lipinski definition) is 4. The standard InChI is InChI=1S/C19H20FNO4/c1-23-18-6-5-13(11-25-16-4-2-3-15(20)10-16)9-17(18)21-19(22)14-7-8-24-12-14/h2-6,9-10,14H,7-8,11-12H2,1H3,(H,21,22)/t14-/m0/s1. The summed E-state index contributed by atoms with van der Waals surface area (Å²) in [6, 6.07) is 11.4. The molecular formula is C19H20FNO4. The number of amides is 1. The molecule has 0 aromatic heterocycles. The van der Waals surface area contributed by atoms with Crippen LogP contribution < -0.4 is 14.8 Å². The van der Waals surface area contributed by atoms with E-state index in [0.29, 0.717) is 30.4 Å². The lowest BCUT2D eigenvalue weighted by molar-refractivity contribution is -0.119. The molecule has 1 N–H and O–H groups in total. The third-order valence-electron chi connectivity index (χ3n) is 4.02. The van der Waals surface area contributed by atoms with Crippen molar-refractivity contribution in [2.75, 3.05) is 25.6 Å². The summed E-state index contributed by atoms with van der Waals surface area (Å²) in [5.41, 5.74) is 1.42. The second-order valence-electron chi connectivity index (χ2n) is 5.83. The molecule has 3 rings (SSSR count). The Labute approximate surface area is 145 Å². The zero-order chi connectivity index (χ0) is 17.6. The van der Waals surface area contributed by atoms with Gasteiger partial charge in [0.05, 0.1) is 25.3 Å². The van der Waals surface area contributed by atoms with Gasteiger partial charge in [-0.15, -0.1) is 0 Å². The highest BCUT2D eigenvalue weighted by Gasteiger charge is 2.24. The van der Waals surface area contributed by atoms with E-state index in [0.717, 1.165) is 12.0 Å². The number of rotatable bonds is 6. The Bertz CT molecular complexity index is 744. The number of benzene rings is 2. The lowest BCUT2D eigenvalue weighted by Gasteiger charge is -2.14. The molecule has 1 aliphatic heterocycles. The van der Waals surface area contributed by atoms with Crippen LogP contribution in [0, 0.1) is 11.7 Å². The second-order valence-corrected chi connectivity index (χ2v) is 5.83. The third kappa shape index (κ3) is 4.48. The van der Waals surface area contributed by atoms with E-state index in [1.165, 1.54) is 12.1 Å². The quantitative estimate of drug-likeness (QED) is 0.872. The van der Waals surface area contributed by atoms with E-state index in [1.807, 2.05) is 6.07 Å². The van der Waals surface area contributed by atoms with Crippen LogP contribution in [0.1, 0.15) is 12.0 Å². The van der Waals surface area contributed by atoms with Crippen LogP contribution in [0.5, 0.6) is 11.5 Å². The summed E-state index contributed by atoms with van der Waals surface area (Å²) in [5.74, 6) is 0.446. The zero-order valence-corrected chi connectivity index (χ0v) is 14.0. The first kappa shape index (κ1) is 17.2. The van der Waals surface area contributed by atoms with Crippen LogP contribution in [-0.2, 0) is 16.1 Å². The second kappa shape index (κ2) is 7.98. The van der Waals surface area contributed by atoms with Crippen molar-refractivity contribution in [3.05, 3.63) is 53.8 Å². The van der Waals surface area contributed by atoms with Crippen molar-refractivity contribution in [1.29, 1.82) is 0 Å². The Morgan fingerprint density at radius 1 is 1.32 bits per heavy atom. The monoisotopic (exact) mass is 345 g/mol.